The monoisotopic (exact) mass is 313 g/mol. The number of benzene rings is 2. The second-order valence-corrected chi connectivity index (χ2v) is 5.46. The van der Waals surface area contributed by atoms with Gasteiger partial charge in [0.15, 0.2) is 5.69 Å². The lowest BCUT2D eigenvalue weighted by atomic mass is 10.2. The second-order valence-electron chi connectivity index (χ2n) is 4.61. The third-order valence-electron chi connectivity index (χ3n) is 3.02. The summed E-state index contributed by atoms with van der Waals surface area (Å²) in [5, 5.41) is 2.30. The summed E-state index contributed by atoms with van der Waals surface area (Å²) < 4.78 is 18.1. The van der Waals surface area contributed by atoms with Gasteiger partial charge in [0.25, 0.3) is 0 Å². The number of esters is 1. The molecule has 0 unspecified atom stereocenters. The van der Waals surface area contributed by atoms with Gasteiger partial charge in [0.05, 0.1) is 0 Å². The quantitative estimate of drug-likeness (QED) is 0.674. The van der Waals surface area contributed by atoms with E-state index >= 15 is 0 Å². The highest BCUT2D eigenvalue weighted by Gasteiger charge is 2.13. The molecule has 0 spiro atoms. The van der Waals surface area contributed by atoms with Crippen molar-refractivity contribution < 1.29 is 13.9 Å². The van der Waals surface area contributed by atoms with Crippen LogP contribution in [0.3, 0.4) is 0 Å². The molecule has 2 aromatic carbocycles. The second kappa shape index (κ2) is 6.49. The van der Waals surface area contributed by atoms with Gasteiger partial charge in [-0.05, 0) is 29.8 Å². The number of aromatic nitrogens is 1. The fourth-order valence-corrected chi connectivity index (χ4v) is 2.69. The minimum absolute atomic E-state index is 0.211. The van der Waals surface area contributed by atoms with Gasteiger partial charge in [-0.25, -0.2) is 14.2 Å². The van der Waals surface area contributed by atoms with E-state index in [-0.39, 0.29) is 18.1 Å². The van der Waals surface area contributed by atoms with Crippen molar-refractivity contribution in [3.63, 3.8) is 0 Å². The molecule has 0 amide bonds. The number of thiazole rings is 1. The van der Waals surface area contributed by atoms with Crippen LogP contribution in [0, 0.1) is 5.82 Å². The van der Waals surface area contributed by atoms with E-state index in [9.17, 15) is 9.18 Å². The number of hydrogen-bond acceptors (Lipinski definition) is 4. The normalized spacial score (nSPS) is 10.4. The highest BCUT2D eigenvalue weighted by molar-refractivity contribution is 7.13. The standard InChI is InChI=1S/C17H12FNO2S/c18-14-8-6-13(7-9-14)16-19-15(11-22-16)17(20)21-10-12-4-2-1-3-5-12/h1-9,11H,10H2. The number of hydrogen-bond donors (Lipinski definition) is 0. The molecule has 0 radical (unpaired) electrons. The van der Waals surface area contributed by atoms with Crippen molar-refractivity contribution in [2.45, 2.75) is 6.61 Å². The van der Waals surface area contributed by atoms with Crippen LogP contribution in [0.2, 0.25) is 0 Å². The van der Waals surface area contributed by atoms with Crippen LogP contribution in [-0.4, -0.2) is 11.0 Å². The molecule has 110 valence electrons. The molecule has 1 heterocycles. The van der Waals surface area contributed by atoms with Gasteiger partial charge in [-0.3, -0.25) is 0 Å². The Kier molecular flexibility index (Phi) is 4.25. The lowest BCUT2D eigenvalue weighted by molar-refractivity contribution is 0.0467. The molecule has 0 aliphatic heterocycles. The molecule has 0 fully saturated rings. The topological polar surface area (TPSA) is 39.2 Å². The summed E-state index contributed by atoms with van der Waals surface area (Å²) in [6.07, 6.45) is 0. The Labute approximate surface area is 131 Å². The first-order valence-corrected chi connectivity index (χ1v) is 7.53. The van der Waals surface area contributed by atoms with E-state index in [4.69, 9.17) is 4.74 Å². The lowest BCUT2D eigenvalue weighted by Gasteiger charge is -2.02. The fourth-order valence-electron chi connectivity index (χ4n) is 1.89. The number of carbonyl (C=O) groups excluding carboxylic acids is 1. The highest BCUT2D eigenvalue weighted by Crippen LogP contribution is 2.24. The first-order valence-electron chi connectivity index (χ1n) is 6.65. The number of rotatable bonds is 4. The molecule has 0 atom stereocenters. The zero-order chi connectivity index (χ0) is 15.4. The molecule has 0 aliphatic rings. The van der Waals surface area contributed by atoms with Crippen LogP contribution in [0.15, 0.2) is 60.0 Å². The molecule has 0 N–H and O–H groups in total. The molecule has 3 rings (SSSR count). The van der Waals surface area contributed by atoms with Crippen LogP contribution in [0.25, 0.3) is 10.6 Å². The van der Waals surface area contributed by atoms with Crippen LogP contribution < -0.4 is 0 Å². The average molecular weight is 313 g/mol. The van der Waals surface area contributed by atoms with Gasteiger partial charge < -0.3 is 4.74 Å². The lowest BCUT2D eigenvalue weighted by Crippen LogP contribution is -2.05. The molecule has 22 heavy (non-hydrogen) atoms. The third-order valence-corrected chi connectivity index (χ3v) is 3.91. The van der Waals surface area contributed by atoms with Gasteiger partial charge in [-0.1, -0.05) is 30.3 Å². The van der Waals surface area contributed by atoms with E-state index < -0.39 is 5.97 Å². The molecular weight excluding hydrogens is 301 g/mol. The van der Waals surface area contributed by atoms with Gasteiger partial charge >= 0.3 is 5.97 Å². The van der Waals surface area contributed by atoms with Gasteiger partial charge in [0.1, 0.15) is 17.4 Å². The Morgan fingerprint density at radius 1 is 1.09 bits per heavy atom. The maximum absolute atomic E-state index is 12.9. The van der Waals surface area contributed by atoms with E-state index in [1.165, 1.54) is 23.5 Å². The predicted molar refractivity (Wildman–Crippen MR) is 83.1 cm³/mol. The molecule has 0 saturated heterocycles. The zero-order valence-corrected chi connectivity index (χ0v) is 12.3. The number of carbonyl (C=O) groups is 1. The minimum atomic E-state index is -0.464. The summed E-state index contributed by atoms with van der Waals surface area (Å²) in [5.41, 5.74) is 1.96. The van der Waals surface area contributed by atoms with Crippen molar-refractivity contribution >= 4 is 17.3 Å². The molecule has 0 aliphatic carbocycles. The largest absolute Gasteiger partial charge is 0.456 e. The van der Waals surface area contributed by atoms with Crippen molar-refractivity contribution in [1.29, 1.82) is 0 Å². The van der Waals surface area contributed by atoms with E-state index in [0.29, 0.717) is 5.01 Å². The van der Waals surface area contributed by atoms with Crippen molar-refractivity contribution in [3.8, 4) is 10.6 Å². The van der Waals surface area contributed by atoms with Crippen molar-refractivity contribution in [3.05, 3.63) is 77.1 Å². The van der Waals surface area contributed by atoms with Gasteiger partial charge in [-0.2, -0.15) is 0 Å². The molecule has 5 heteroatoms. The van der Waals surface area contributed by atoms with Crippen molar-refractivity contribution in [1.82, 2.24) is 4.98 Å². The smallest absolute Gasteiger partial charge is 0.358 e. The Hall–Kier alpha value is -2.53. The Morgan fingerprint density at radius 2 is 1.82 bits per heavy atom. The molecule has 3 aromatic rings. The number of nitrogens with zero attached hydrogens (tertiary/aromatic N) is 1. The van der Waals surface area contributed by atoms with Crippen molar-refractivity contribution in [2.75, 3.05) is 0 Å². The summed E-state index contributed by atoms with van der Waals surface area (Å²) in [7, 11) is 0. The highest BCUT2D eigenvalue weighted by atomic mass is 32.1. The molecule has 3 nitrogen and oxygen atoms in total. The summed E-state index contributed by atoms with van der Waals surface area (Å²) in [5.74, 6) is -0.767. The first-order chi connectivity index (χ1) is 10.7. The summed E-state index contributed by atoms with van der Waals surface area (Å²) in [6.45, 7) is 0.211. The van der Waals surface area contributed by atoms with Crippen molar-refractivity contribution in [2.24, 2.45) is 0 Å². The fraction of sp³-hybridized carbons (Fsp3) is 0.0588. The van der Waals surface area contributed by atoms with E-state index in [0.717, 1.165) is 11.1 Å². The number of halogens is 1. The summed E-state index contributed by atoms with van der Waals surface area (Å²) in [6, 6.07) is 15.4. The molecule has 0 bridgehead atoms. The van der Waals surface area contributed by atoms with Gasteiger partial charge in [-0.15, -0.1) is 11.3 Å². The van der Waals surface area contributed by atoms with E-state index in [2.05, 4.69) is 4.98 Å². The Morgan fingerprint density at radius 3 is 2.55 bits per heavy atom. The van der Waals surface area contributed by atoms with Crippen LogP contribution in [0.1, 0.15) is 16.1 Å². The maximum atomic E-state index is 12.9. The van der Waals surface area contributed by atoms with Crippen LogP contribution in [0.4, 0.5) is 4.39 Å². The Bertz CT molecular complexity index is 769. The van der Waals surface area contributed by atoms with Crippen LogP contribution in [0.5, 0.6) is 0 Å². The molecular formula is C17H12FNO2S. The summed E-state index contributed by atoms with van der Waals surface area (Å²) in [4.78, 5) is 16.2. The van der Waals surface area contributed by atoms with Gasteiger partial charge in [0, 0.05) is 10.9 Å². The maximum Gasteiger partial charge on any atom is 0.358 e. The predicted octanol–water partition coefficient (Wildman–Crippen LogP) is 4.31. The SMILES string of the molecule is O=C(OCc1ccccc1)c1csc(-c2ccc(F)cc2)n1. The third kappa shape index (κ3) is 3.38. The van der Waals surface area contributed by atoms with E-state index in [1.54, 1.807) is 17.5 Å². The first kappa shape index (κ1) is 14.4. The average Bonchev–Trinajstić information content (AvgIpc) is 3.04. The minimum Gasteiger partial charge on any atom is -0.456 e. The Balaban J connectivity index is 1.68. The van der Waals surface area contributed by atoms with Gasteiger partial charge in [0.2, 0.25) is 0 Å². The molecule has 1 aromatic heterocycles. The van der Waals surface area contributed by atoms with Crippen LogP contribution >= 0.6 is 11.3 Å². The van der Waals surface area contributed by atoms with E-state index in [1.807, 2.05) is 30.3 Å². The van der Waals surface area contributed by atoms with Crippen LogP contribution in [-0.2, 0) is 11.3 Å². The molecule has 0 saturated carbocycles. The zero-order valence-electron chi connectivity index (χ0n) is 11.5. The number of ether oxygens (including phenoxy) is 1. The summed E-state index contributed by atoms with van der Waals surface area (Å²) >= 11 is 1.32.